The molecule has 0 bridgehead atoms. The second kappa shape index (κ2) is 7.25. The number of ether oxygens (including phenoxy) is 1. The second-order valence-electron chi connectivity index (χ2n) is 5.99. The molecule has 1 aromatic rings. The van der Waals surface area contributed by atoms with E-state index in [1.54, 1.807) is 32.4 Å². The van der Waals surface area contributed by atoms with Gasteiger partial charge in [0.2, 0.25) is 10.0 Å². The molecule has 7 nitrogen and oxygen atoms in total. The molecule has 0 radical (unpaired) electrons. The molecular formula is C16H27N3O4S. The lowest BCUT2D eigenvalue weighted by atomic mass is 10.2. The fourth-order valence-corrected chi connectivity index (χ4v) is 4.99. The monoisotopic (exact) mass is 357 g/mol. The first-order valence-corrected chi connectivity index (χ1v) is 9.75. The molecule has 0 amide bonds. The quantitative estimate of drug-likeness (QED) is 0.739. The lowest BCUT2D eigenvalue weighted by Gasteiger charge is -2.33. The molecule has 2 rings (SSSR count). The van der Waals surface area contributed by atoms with E-state index in [9.17, 15) is 13.2 Å². The molecule has 0 saturated carbocycles. The van der Waals surface area contributed by atoms with Gasteiger partial charge >= 0.3 is 5.97 Å². The van der Waals surface area contributed by atoms with Gasteiger partial charge in [0.1, 0.15) is 10.5 Å². The number of aromatic nitrogens is 1. The maximum atomic E-state index is 13.2. The van der Waals surface area contributed by atoms with Gasteiger partial charge < -0.3 is 14.2 Å². The van der Waals surface area contributed by atoms with Crippen LogP contribution in [0.25, 0.3) is 0 Å². The molecule has 0 unspecified atom stereocenters. The van der Waals surface area contributed by atoms with E-state index in [2.05, 4.69) is 11.8 Å². The largest absolute Gasteiger partial charge is 0.462 e. The van der Waals surface area contributed by atoms with Crippen LogP contribution in [0.4, 0.5) is 0 Å². The van der Waals surface area contributed by atoms with Crippen LogP contribution >= 0.6 is 0 Å². The average molecular weight is 357 g/mol. The van der Waals surface area contributed by atoms with Crippen molar-refractivity contribution in [3.05, 3.63) is 17.0 Å². The Morgan fingerprint density at radius 2 is 1.67 bits per heavy atom. The zero-order valence-corrected chi connectivity index (χ0v) is 15.9. The van der Waals surface area contributed by atoms with Crippen molar-refractivity contribution in [1.29, 1.82) is 0 Å². The molecule has 24 heavy (non-hydrogen) atoms. The van der Waals surface area contributed by atoms with E-state index in [-0.39, 0.29) is 17.1 Å². The van der Waals surface area contributed by atoms with Crippen LogP contribution in [-0.2, 0) is 21.8 Å². The van der Waals surface area contributed by atoms with Crippen molar-refractivity contribution in [1.82, 2.24) is 13.8 Å². The predicted octanol–water partition coefficient (Wildman–Crippen LogP) is 1.14. The first kappa shape index (κ1) is 19.0. The van der Waals surface area contributed by atoms with Crippen molar-refractivity contribution >= 4 is 16.0 Å². The van der Waals surface area contributed by atoms with Crippen molar-refractivity contribution in [3.8, 4) is 0 Å². The number of sulfonamides is 1. The summed E-state index contributed by atoms with van der Waals surface area (Å²) in [6, 6.07) is 0. The van der Waals surface area contributed by atoms with E-state index in [1.165, 1.54) is 4.31 Å². The number of rotatable bonds is 5. The molecule has 0 atom stereocenters. The lowest BCUT2D eigenvalue weighted by molar-refractivity contribution is 0.0521. The lowest BCUT2D eigenvalue weighted by Crippen LogP contribution is -2.48. The van der Waals surface area contributed by atoms with Crippen LogP contribution in [0.1, 0.15) is 35.6 Å². The number of piperazine rings is 1. The van der Waals surface area contributed by atoms with Crippen LogP contribution in [0.15, 0.2) is 4.90 Å². The van der Waals surface area contributed by atoms with Gasteiger partial charge in [0.25, 0.3) is 0 Å². The SMILES string of the molecule is CCOC(=O)c1c(S(=O)(=O)N2CCN(CC)CC2)c(C)n(C)c1C. The Bertz CT molecular complexity index is 716. The topological polar surface area (TPSA) is 71.8 Å². The van der Waals surface area contributed by atoms with Gasteiger partial charge in [-0.1, -0.05) is 6.92 Å². The highest BCUT2D eigenvalue weighted by atomic mass is 32.2. The summed E-state index contributed by atoms with van der Waals surface area (Å²) in [5.41, 5.74) is 1.33. The van der Waals surface area contributed by atoms with Gasteiger partial charge in [-0.15, -0.1) is 0 Å². The molecule has 2 heterocycles. The number of hydrogen-bond donors (Lipinski definition) is 0. The third kappa shape index (κ3) is 3.22. The summed E-state index contributed by atoms with van der Waals surface area (Å²) in [5, 5.41) is 0. The standard InChI is InChI=1S/C16H27N3O4S/c1-6-18-8-10-19(11-9-18)24(21,22)15-13(4)17(5)12(3)14(15)16(20)23-7-2/h6-11H2,1-5H3. The van der Waals surface area contributed by atoms with E-state index in [4.69, 9.17) is 4.74 Å². The van der Waals surface area contributed by atoms with Crippen molar-refractivity contribution in [2.75, 3.05) is 39.3 Å². The smallest absolute Gasteiger partial charge is 0.341 e. The fraction of sp³-hybridized carbons (Fsp3) is 0.688. The number of carbonyl (C=O) groups is 1. The molecule has 1 aliphatic heterocycles. The van der Waals surface area contributed by atoms with Gasteiger partial charge in [0, 0.05) is 44.6 Å². The zero-order chi connectivity index (χ0) is 18.1. The number of carbonyl (C=O) groups excluding carboxylic acids is 1. The molecule has 136 valence electrons. The van der Waals surface area contributed by atoms with E-state index >= 15 is 0 Å². The van der Waals surface area contributed by atoms with Crippen LogP contribution in [0.5, 0.6) is 0 Å². The molecule has 1 fully saturated rings. The Hall–Kier alpha value is -1.38. The fourth-order valence-electron chi connectivity index (χ4n) is 3.09. The van der Waals surface area contributed by atoms with Gasteiger partial charge in [0.05, 0.1) is 6.61 Å². The van der Waals surface area contributed by atoms with Gasteiger partial charge in [-0.2, -0.15) is 4.31 Å². The van der Waals surface area contributed by atoms with Crippen molar-refractivity contribution in [3.63, 3.8) is 0 Å². The molecular weight excluding hydrogens is 330 g/mol. The molecule has 0 aromatic carbocycles. The van der Waals surface area contributed by atoms with E-state index in [0.717, 1.165) is 6.54 Å². The van der Waals surface area contributed by atoms with E-state index < -0.39 is 16.0 Å². The van der Waals surface area contributed by atoms with Gasteiger partial charge in [0.15, 0.2) is 0 Å². The Morgan fingerprint density at radius 3 is 2.17 bits per heavy atom. The summed E-state index contributed by atoms with van der Waals surface area (Å²) in [6.45, 7) is 10.6. The van der Waals surface area contributed by atoms with Gasteiger partial charge in [-0.05, 0) is 27.3 Å². The number of esters is 1. The minimum atomic E-state index is -3.74. The first-order chi connectivity index (χ1) is 11.3. The Morgan fingerprint density at radius 1 is 1.08 bits per heavy atom. The van der Waals surface area contributed by atoms with E-state index in [0.29, 0.717) is 37.6 Å². The summed E-state index contributed by atoms with van der Waals surface area (Å²) in [4.78, 5) is 14.7. The van der Waals surface area contributed by atoms with Crippen LogP contribution in [-0.4, -0.2) is 67.5 Å². The zero-order valence-electron chi connectivity index (χ0n) is 15.1. The minimum Gasteiger partial charge on any atom is -0.462 e. The molecule has 1 saturated heterocycles. The highest BCUT2D eigenvalue weighted by Crippen LogP contribution is 2.30. The summed E-state index contributed by atoms with van der Waals surface area (Å²) in [7, 11) is -1.97. The van der Waals surface area contributed by atoms with Crippen molar-refractivity contribution in [2.24, 2.45) is 7.05 Å². The third-order valence-corrected chi connectivity index (χ3v) is 6.84. The van der Waals surface area contributed by atoms with Crippen molar-refractivity contribution in [2.45, 2.75) is 32.6 Å². The summed E-state index contributed by atoms with van der Waals surface area (Å²) in [6.07, 6.45) is 0. The second-order valence-corrected chi connectivity index (χ2v) is 7.87. The maximum absolute atomic E-state index is 13.2. The van der Waals surface area contributed by atoms with Gasteiger partial charge in [-0.3, -0.25) is 0 Å². The molecule has 0 spiro atoms. The first-order valence-electron chi connectivity index (χ1n) is 8.31. The molecule has 1 aliphatic rings. The minimum absolute atomic E-state index is 0.0888. The highest BCUT2D eigenvalue weighted by molar-refractivity contribution is 7.89. The Balaban J connectivity index is 2.47. The van der Waals surface area contributed by atoms with E-state index in [1.807, 2.05) is 0 Å². The summed E-state index contributed by atoms with van der Waals surface area (Å²) >= 11 is 0. The number of nitrogens with zero attached hydrogens (tertiary/aromatic N) is 3. The van der Waals surface area contributed by atoms with Crippen LogP contribution in [0.3, 0.4) is 0 Å². The number of likely N-dealkylation sites (N-methyl/N-ethyl adjacent to an activating group) is 1. The van der Waals surface area contributed by atoms with Crippen LogP contribution < -0.4 is 0 Å². The normalized spacial score (nSPS) is 17.2. The summed E-state index contributed by atoms with van der Waals surface area (Å²) in [5.74, 6) is -0.579. The Labute approximate surface area is 144 Å². The highest BCUT2D eigenvalue weighted by Gasteiger charge is 2.36. The Kier molecular flexibility index (Phi) is 5.72. The van der Waals surface area contributed by atoms with Crippen LogP contribution in [0, 0.1) is 13.8 Å². The van der Waals surface area contributed by atoms with Crippen LogP contribution in [0.2, 0.25) is 0 Å². The molecule has 1 aromatic heterocycles. The average Bonchev–Trinajstić information content (AvgIpc) is 2.80. The number of hydrogen-bond acceptors (Lipinski definition) is 5. The molecule has 0 aliphatic carbocycles. The molecule has 0 N–H and O–H groups in total. The van der Waals surface area contributed by atoms with Crippen molar-refractivity contribution < 1.29 is 17.9 Å². The van der Waals surface area contributed by atoms with Gasteiger partial charge in [-0.25, -0.2) is 13.2 Å². The predicted molar refractivity (Wildman–Crippen MR) is 91.7 cm³/mol. The molecule has 8 heteroatoms. The third-order valence-electron chi connectivity index (χ3n) is 4.78. The summed E-state index contributed by atoms with van der Waals surface area (Å²) < 4.78 is 34.7. The maximum Gasteiger partial charge on any atom is 0.341 e.